The smallest absolute Gasteiger partial charge is 0.123 e. The molecule has 2 aromatic rings. The molecule has 2 aromatic carbocycles. The van der Waals surface area contributed by atoms with Gasteiger partial charge >= 0.3 is 0 Å². The summed E-state index contributed by atoms with van der Waals surface area (Å²) < 4.78 is 5.77. The number of aryl methyl sites for hydroxylation is 1. The average molecular weight is 261 g/mol. The lowest BCUT2D eigenvalue weighted by atomic mass is 10.1. The van der Waals surface area contributed by atoms with Crippen LogP contribution >= 0.6 is 11.6 Å². The molecule has 18 heavy (non-hydrogen) atoms. The van der Waals surface area contributed by atoms with E-state index in [1.807, 2.05) is 30.3 Å². The number of halogens is 1. The van der Waals surface area contributed by atoms with Crippen LogP contribution in [0.5, 0.6) is 5.75 Å². The molecule has 0 spiro atoms. The fourth-order valence-corrected chi connectivity index (χ4v) is 2.08. The Hall–Kier alpha value is -1.47. The highest BCUT2D eigenvalue weighted by Gasteiger charge is 2.01. The van der Waals surface area contributed by atoms with Gasteiger partial charge in [-0.15, -0.1) is 11.6 Å². The number of para-hydroxylation sites is 1. The van der Waals surface area contributed by atoms with Crippen LogP contribution in [-0.4, -0.2) is 6.61 Å². The SMILES string of the molecule is ClCc1ccccc1OCCCc1ccccc1. The minimum Gasteiger partial charge on any atom is -0.493 e. The molecule has 0 saturated carbocycles. The lowest BCUT2D eigenvalue weighted by Crippen LogP contribution is -2.01. The summed E-state index contributed by atoms with van der Waals surface area (Å²) in [6.07, 6.45) is 2.06. The van der Waals surface area contributed by atoms with E-state index in [4.69, 9.17) is 16.3 Å². The molecule has 1 nitrogen and oxygen atoms in total. The van der Waals surface area contributed by atoms with Crippen molar-refractivity contribution in [2.24, 2.45) is 0 Å². The number of rotatable bonds is 6. The first-order valence-corrected chi connectivity index (χ1v) is 6.74. The minimum atomic E-state index is 0.495. The molecule has 0 aliphatic carbocycles. The maximum atomic E-state index is 5.86. The van der Waals surface area contributed by atoms with Crippen LogP contribution < -0.4 is 4.74 Å². The minimum absolute atomic E-state index is 0.495. The van der Waals surface area contributed by atoms with Gasteiger partial charge < -0.3 is 4.74 Å². The molecule has 0 aliphatic rings. The van der Waals surface area contributed by atoms with E-state index >= 15 is 0 Å². The normalized spacial score (nSPS) is 10.3. The Morgan fingerprint density at radius 1 is 0.889 bits per heavy atom. The van der Waals surface area contributed by atoms with Gasteiger partial charge in [0.2, 0.25) is 0 Å². The first kappa shape index (κ1) is 13.0. The molecule has 0 aromatic heterocycles. The van der Waals surface area contributed by atoms with E-state index in [1.54, 1.807) is 0 Å². The van der Waals surface area contributed by atoms with Gasteiger partial charge in [-0.1, -0.05) is 48.5 Å². The summed E-state index contributed by atoms with van der Waals surface area (Å²) in [5.74, 6) is 1.40. The summed E-state index contributed by atoms with van der Waals surface area (Å²) >= 11 is 5.86. The van der Waals surface area contributed by atoms with Crippen LogP contribution in [0.4, 0.5) is 0 Å². The molecular formula is C16H17ClO. The van der Waals surface area contributed by atoms with E-state index in [-0.39, 0.29) is 0 Å². The highest BCUT2D eigenvalue weighted by Crippen LogP contribution is 2.19. The Morgan fingerprint density at radius 3 is 2.39 bits per heavy atom. The van der Waals surface area contributed by atoms with Crippen molar-refractivity contribution in [3.63, 3.8) is 0 Å². The largest absolute Gasteiger partial charge is 0.493 e. The Bertz CT molecular complexity index is 468. The summed E-state index contributed by atoms with van der Waals surface area (Å²) in [5, 5.41) is 0. The third kappa shape index (κ3) is 3.78. The molecule has 0 atom stereocenters. The molecule has 0 unspecified atom stereocenters. The third-order valence-electron chi connectivity index (χ3n) is 2.83. The van der Waals surface area contributed by atoms with Gasteiger partial charge in [0, 0.05) is 5.56 Å². The number of ether oxygens (including phenoxy) is 1. The Kier molecular flexibility index (Phi) is 5.10. The fourth-order valence-electron chi connectivity index (χ4n) is 1.86. The lowest BCUT2D eigenvalue weighted by molar-refractivity contribution is 0.309. The van der Waals surface area contributed by atoms with E-state index in [2.05, 4.69) is 24.3 Å². The van der Waals surface area contributed by atoms with Crippen LogP contribution in [0.15, 0.2) is 54.6 Å². The molecule has 0 fully saturated rings. The van der Waals surface area contributed by atoms with Crippen molar-refractivity contribution >= 4 is 11.6 Å². The molecule has 0 N–H and O–H groups in total. The summed E-state index contributed by atoms with van der Waals surface area (Å²) in [5.41, 5.74) is 2.41. The summed E-state index contributed by atoms with van der Waals surface area (Å²) in [6.45, 7) is 0.725. The highest BCUT2D eigenvalue weighted by atomic mass is 35.5. The van der Waals surface area contributed by atoms with Gasteiger partial charge in [0.1, 0.15) is 5.75 Å². The van der Waals surface area contributed by atoms with E-state index < -0.39 is 0 Å². The van der Waals surface area contributed by atoms with Crippen LogP contribution in [0, 0.1) is 0 Å². The van der Waals surface area contributed by atoms with Gasteiger partial charge in [-0.05, 0) is 24.5 Å². The first-order valence-electron chi connectivity index (χ1n) is 6.21. The molecule has 0 bridgehead atoms. The van der Waals surface area contributed by atoms with Gasteiger partial charge in [-0.2, -0.15) is 0 Å². The Morgan fingerprint density at radius 2 is 1.61 bits per heavy atom. The van der Waals surface area contributed by atoms with Crippen LogP contribution in [0.25, 0.3) is 0 Å². The van der Waals surface area contributed by atoms with Crippen molar-refractivity contribution in [3.8, 4) is 5.75 Å². The maximum Gasteiger partial charge on any atom is 0.123 e. The predicted octanol–water partition coefficient (Wildman–Crippen LogP) is 4.44. The second-order valence-electron chi connectivity index (χ2n) is 4.18. The zero-order chi connectivity index (χ0) is 12.6. The number of hydrogen-bond donors (Lipinski definition) is 0. The third-order valence-corrected chi connectivity index (χ3v) is 3.11. The second kappa shape index (κ2) is 7.07. The van der Waals surface area contributed by atoms with E-state index in [9.17, 15) is 0 Å². The van der Waals surface area contributed by atoms with Crippen LogP contribution in [0.1, 0.15) is 17.5 Å². The standard InChI is InChI=1S/C16H17ClO/c17-13-15-10-4-5-11-16(15)18-12-6-9-14-7-2-1-3-8-14/h1-5,7-8,10-11H,6,9,12-13H2. The van der Waals surface area contributed by atoms with Crippen molar-refractivity contribution in [1.82, 2.24) is 0 Å². The van der Waals surface area contributed by atoms with Crippen molar-refractivity contribution in [1.29, 1.82) is 0 Å². The second-order valence-corrected chi connectivity index (χ2v) is 4.45. The van der Waals surface area contributed by atoms with Gasteiger partial charge in [0.25, 0.3) is 0 Å². The van der Waals surface area contributed by atoms with E-state index in [0.717, 1.165) is 30.8 Å². The molecule has 0 saturated heterocycles. The predicted molar refractivity (Wildman–Crippen MR) is 76.3 cm³/mol. The lowest BCUT2D eigenvalue weighted by Gasteiger charge is -2.09. The number of alkyl halides is 1. The van der Waals surface area contributed by atoms with E-state index in [0.29, 0.717) is 5.88 Å². The quantitative estimate of drug-likeness (QED) is 0.551. The van der Waals surface area contributed by atoms with Crippen LogP contribution in [0.3, 0.4) is 0 Å². The topological polar surface area (TPSA) is 9.23 Å². The first-order chi connectivity index (χ1) is 8.90. The molecule has 0 heterocycles. The van der Waals surface area contributed by atoms with Crippen molar-refractivity contribution in [2.45, 2.75) is 18.7 Å². The van der Waals surface area contributed by atoms with Crippen molar-refractivity contribution in [3.05, 3.63) is 65.7 Å². The average Bonchev–Trinajstić information content (AvgIpc) is 2.45. The van der Waals surface area contributed by atoms with Gasteiger partial charge in [0.05, 0.1) is 12.5 Å². The van der Waals surface area contributed by atoms with Gasteiger partial charge in [0.15, 0.2) is 0 Å². The van der Waals surface area contributed by atoms with Crippen molar-refractivity contribution < 1.29 is 4.74 Å². The highest BCUT2D eigenvalue weighted by molar-refractivity contribution is 6.17. The number of hydrogen-bond acceptors (Lipinski definition) is 1. The maximum absolute atomic E-state index is 5.86. The van der Waals surface area contributed by atoms with Crippen LogP contribution in [-0.2, 0) is 12.3 Å². The molecule has 0 radical (unpaired) electrons. The van der Waals surface area contributed by atoms with Crippen molar-refractivity contribution in [2.75, 3.05) is 6.61 Å². The zero-order valence-corrected chi connectivity index (χ0v) is 11.1. The Labute approximate surface area is 113 Å². The zero-order valence-electron chi connectivity index (χ0n) is 10.3. The summed E-state index contributed by atoms with van der Waals surface area (Å²) in [6, 6.07) is 18.4. The molecule has 2 rings (SSSR count). The summed E-state index contributed by atoms with van der Waals surface area (Å²) in [7, 11) is 0. The van der Waals surface area contributed by atoms with Gasteiger partial charge in [-0.25, -0.2) is 0 Å². The Balaban J connectivity index is 1.78. The van der Waals surface area contributed by atoms with Gasteiger partial charge in [-0.3, -0.25) is 0 Å². The molecular weight excluding hydrogens is 244 g/mol. The van der Waals surface area contributed by atoms with Crippen LogP contribution in [0.2, 0.25) is 0 Å². The molecule has 94 valence electrons. The molecule has 0 amide bonds. The number of benzene rings is 2. The molecule has 2 heteroatoms. The monoisotopic (exact) mass is 260 g/mol. The summed E-state index contributed by atoms with van der Waals surface area (Å²) in [4.78, 5) is 0. The molecule has 0 aliphatic heterocycles. The van der Waals surface area contributed by atoms with E-state index in [1.165, 1.54) is 5.56 Å². The fraction of sp³-hybridized carbons (Fsp3) is 0.250.